The third-order valence-corrected chi connectivity index (χ3v) is 5.83. The first-order valence-electron chi connectivity index (χ1n) is 11.8. The van der Waals surface area contributed by atoms with Gasteiger partial charge >= 0.3 is 0 Å². The minimum Gasteiger partial charge on any atom is -0.364 e. The third-order valence-electron chi connectivity index (χ3n) is 5.54. The van der Waals surface area contributed by atoms with Crippen molar-refractivity contribution < 1.29 is 14.4 Å². The zero-order valence-corrected chi connectivity index (χ0v) is 23.3. The summed E-state index contributed by atoms with van der Waals surface area (Å²) < 4.78 is 1.48. The Bertz CT molecular complexity index is 1580. The zero-order valence-electron chi connectivity index (χ0n) is 21.6. The Morgan fingerprint density at radius 2 is 1.57 bits per heavy atom. The first-order valence-corrected chi connectivity index (χ1v) is 12.6. The molecule has 10 nitrogen and oxygen atoms in total. The Balaban J connectivity index is 0.000000336. The van der Waals surface area contributed by atoms with Crippen molar-refractivity contribution in [1.82, 2.24) is 20.3 Å². The molecule has 0 aliphatic carbocycles. The zero-order chi connectivity index (χ0) is 29.1. The maximum Gasteiger partial charge on any atom is 0.285 e. The van der Waals surface area contributed by atoms with Crippen molar-refractivity contribution in [2.45, 2.75) is 20.4 Å². The topological polar surface area (TPSA) is 144 Å². The number of thiocarbonyl (C=S) groups is 2. The molecular weight excluding hydrogens is 546 g/mol. The van der Waals surface area contributed by atoms with E-state index in [0.717, 1.165) is 11.1 Å². The van der Waals surface area contributed by atoms with Crippen LogP contribution in [0.4, 0.5) is 5.82 Å². The molecule has 0 unspecified atom stereocenters. The number of hydrogen-bond acceptors (Lipinski definition) is 7. The van der Waals surface area contributed by atoms with Gasteiger partial charge in [0.1, 0.15) is 0 Å². The molecule has 0 aliphatic heterocycles. The highest BCUT2D eigenvalue weighted by molar-refractivity contribution is 7.80. The van der Waals surface area contributed by atoms with Crippen LogP contribution < -0.4 is 16.4 Å². The number of amides is 3. The summed E-state index contributed by atoms with van der Waals surface area (Å²) in [5.41, 5.74) is 9.61. The Hall–Kier alpha value is -4.90. The number of nitrogens with one attached hydrogen (secondary N) is 2. The number of carbonyl (C=O) groups excluding carboxylic acids is 3. The van der Waals surface area contributed by atoms with E-state index in [1.54, 1.807) is 48.5 Å². The summed E-state index contributed by atoms with van der Waals surface area (Å²) >= 11 is 9.51. The van der Waals surface area contributed by atoms with Crippen LogP contribution >= 0.6 is 24.4 Å². The summed E-state index contributed by atoms with van der Waals surface area (Å²) in [6.07, 6.45) is 0. The average molecular weight is 572 g/mol. The fraction of sp³-hybridized carbons (Fsp3) is 0.107. The number of isothiocyanates is 1. The Labute approximate surface area is 241 Å². The van der Waals surface area contributed by atoms with Crippen molar-refractivity contribution in [3.63, 3.8) is 0 Å². The van der Waals surface area contributed by atoms with Gasteiger partial charge in [-0.2, -0.15) is 4.99 Å². The molecule has 1 aromatic heterocycles. The normalized spacial score (nSPS) is 9.85. The molecular formula is C28H25N7O3S2. The number of benzene rings is 3. The number of nitrogens with two attached hydrogens (primary N) is 1. The molecule has 4 N–H and O–H groups in total. The van der Waals surface area contributed by atoms with Crippen LogP contribution in [0.5, 0.6) is 0 Å². The number of anilines is 1. The molecule has 4 rings (SSSR count). The second kappa shape index (κ2) is 14.3. The standard InChI is InChI=1S/C20H20N6O2S.C8H5NOS/c1-12-8-9-14(10-13(12)2)11-26-18(16(17(21)27)24-25-26)22-20(29)23-19(28)15-6-4-3-5-7-15;10-8(9-6-11)7-4-2-1-3-5-7/h3-10H,11H2,1-2H3,(H2,21,27)(H2,22,23,28,29);1-5H. The van der Waals surface area contributed by atoms with E-state index in [4.69, 9.17) is 18.0 Å². The van der Waals surface area contributed by atoms with Crippen LogP contribution in [0.15, 0.2) is 83.9 Å². The lowest BCUT2D eigenvalue weighted by molar-refractivity contribution is 0.0974. The molecule has 0 aliphatic rings. The van der Waals surface area contributed by atoms with Crippen molar-refractivity contribution >= 4 is 58.2 Å². The summed E-state index contributed by atoms with van der Waals surface area (Å²) in [5, 5.41) is 15.3. The smallest absolute Gasteiger partial charge is 0.285 e. The fourth-order valence-corrected chi connectivity index (χ4v) is 3.65. The molecule has 4 aromatic rings. The lowest BCUT2D eigenvalue weighted by atomic mass is 10.1. The van der Waals surface area contributed by atoms with Crippen LogP contribution in [0.25, 0.3) is 0 Å². The van der Waals surface area contributed by atoms with Crippen molar-refractivity contribution in [1.29, 1.82) is 0 Å². The molecule has 0 saturated heterocycles. The van der Waals surface area contributed by atoms with Crippen molar-refractivity contribution in [2.75, 3.05) is 5.32 Å². The highest BCUT2D eigenvalue weighted by Crippen LogP contribution is 2.16. The predicted molar refractivity (Wildman–Crippen MR) is 159 cm³/mol. The molecule has 40 heavy (non-hydrogen) atoms. The number of carbonyl (C=O) groups is 3. The molecule has 0 fully saturated rings. The maximum absolute atomic E-state index is 12.3. The molecule has 0 bridgehead atoms. The van der Waals surface area contributed by atoms with Gasteiger partial charge in [0, 0.05) is 11.1 Å². The minimum absolute atomic E-state index is 0.00462. The Morgan fingerprint density at radius 1 is 0.950 bits per heavy atom. The number of hydrogen-bond donors (Lipinski definition) is 3. The van der Waals surface area contributed by atoms with Gasteiger partial charge in [0.05, 0.1) is 11.7 Å². The first-order chi connectivity index (χ1) is 19.2. The quantitative estimate of drug-likeness (QED) is 0.232. The number of nitrogens with zero attached hydrogens (tertiary/aromatic N) is 4. The van der Waals surface area contributed by atoms with Gasteiger partial charge in [-0.25, -0.2) is 4.68 Å². The highest BCUT2D eigenvalue weighted by Gasteiger charge is 2.20. The monoisotopic (exact) mass is 571 g/mol. The summed E-state index contributed by atoms with van der Waals surface area (Å²) in [6.45, 7) is 4.39. The van der Waals surface area contributed by atoms with Gasteiger partial charge in [0.2, 0.25) is 0 Å². The summed E-state index contributed by atoms with van der Waals surface area (Å²) in [6, 6.07) is 23.4. The predicted octanol–water partition coefficient (Wildman–Crippen LogP) is 4.10. The van der Waals surface area contributed by atoms with Gasteiger partial charge in [0.25, 0.3) is 17.7 Å². The maximum atomic E-state index is 12.3. The fourth-order valence-electron chi connectivity index (χ4n) is 3.38. The largest absolute Gasteiger partial charge is 0.364 e. The van der Waals surface area contributed by atoms with E-state index in [1.807, 2.05) is 49.3 Å². The van der Waals surface area contributed by atoms with E-state index < -0.39 is 5.91 Å². The number of aromatic nitrogens is 3. The summed E-state index contributed by atoms with van der Waals surface area (Å²) in [4.78, 5) is 38.3. The number of aliphatic imine (C=N–C) groups is 1. The first kappa shape index (κ1) is 29.7. The lowest BCUT2D eigenvalue weighted by Crippen LogP contribution is -2.35. The van der Waals surface area contributed by atoms with Gasteiger partial charge in [0.15, 0.2) is 16.6 Å². The second-order valence-electron chi connectivity index (χ2n) is 8.38. The van der Waals surface area contributed by atoms with Crippen LogP contribution in [0, 0.1) is 13.8 Å². The van der Waals surface area contributed by atoms with Crippen molar-refractivity contribution in [3.05, 3.63) is 112 Å². The number of aryl methyl sites for hydroxylation is 2. The van der Waals surface area contributed by atoms with Crippen LogP contribution in [0.3, 0.4) is 0 Å². The molecule has 1 heterocycles. The molecule has 3 amide bonds. The van der Waals surface area contributed by atoms with Crippen molar-refractivity contribution in [2.24, 2.45) is 10.7 Å². The van der Waals surface area contributed by atoms with Gasteiger partial charge in [-0.3, -0.25) is 19.7 Å². The van der Waals surface area contributed by atoms with E-state index >= 15 is 0 Å². The number of primary amides is 1. The van der Waals surface area contributed by atoms with Crippen molar-refractivity contribution in [3.8, 4) is 0 Å². The van der Waals surface area contributed by atoms with Crippen LogP contribution in [-0.4, -0.2) is 43.0 Å². The summed E-state index contributed by atoms with van der Waals surface area (Å²) in [7, 11) is 0. The third kappa shape index (κ3) is 8.30. The van der Waals surface area contributed by atoms with E-state index in [9.17, 15) is 14.4 Å². The molecule has 12 heteroatoms. The van der Waals surface area contributed by atoms with E-state index in [0.29, 0.717) is 17.7 Å². The SMILES string of the molecule is Cc1ccc(Cn2nnc(C(N)=O)c2NC(=S)NC(=O)c2ccccc2)cc1C.O=C(N=C=S)c1ccccc1. The summed E-state index contributed by atoms with van der Waals surface area (Å²) in [5.74, 6) is -1.26. The highest BCUT2D eigenvalue weighted by atomic mass is 32.1. The molecule has 3 aromatic carbocycles. The second-order valence-corrected chi connectivity index (χ2v) is 8.97. The Kier molecular flexibility index (Phi) is 10.6. The Morgan fingerprint density at radius 3 is 2.15 bits per heavy atom. The average Bonchev–Trinajstić information content (AvgIpc) is 3.34. The van der Waals surface area contributed by atoms with Gasteiger partial charge < -0.3 is 11.1 Å². The number of rotatable bonds is 6. The van der Waals surface area contributed by atoms with E-state index in [1.165, 1.54) is 10.2 Å². The molecule has 0 saturated carbocycles. The van der Waals surface area contributed by atoms with Gasteiger partial charge in [-0.05, 0) is 79.2 Å². The van der Waals surface area contributed by atoms with Crippen LogP contribution in [0.2, 0.25) is 0 Å². The van der Waals surface area contributed by atoms with Crippen LogP contribution in [-0.2, 0) is 6.54 Å². The van der Waals surface area contributed by atoms with Gasteiger partial charge in [-0.1, -0.05) is 59.8 Å². The van der Waals surface area contributed by atoms with Gasteiger partial charge in [-0.15, -0.1) is 5.10 Å². The van der Waals surface area contributed by atoms with E-state index in [-0.39, 0.29) is 28.4 Å². The van der Waals surface area contributed by atoms with E-state index in [2.05, 4.69) is 38.2 Å². The minimum atomic E-state index is -0.754. The molecule has 0 spiro atoms. The molecule has 0 atom stereocenters. The molecule has 202 valence electrons. The molecule has 0 radical (unpaired) electrons. The van der Waals surface area contributed by atoms with Crippen LogP contribution in [0.1, 0.15) is 47.9 Å². The lowest BCUT2D eigenvalue weighted by Gasteiger charge is -2.12.